The van der Waals surface area contributed by atoms with Gasteiger partial charge >= 0.3 is 5.97 Å². The van der Waals surface area contributed by atoms with Crippen LogP contribution in [0.5, 0.6) is 0 Å². The number of rotatable bonds is 3. The van der Waals surface area contributed by atoms with Gasteiger partial charge in [-0.15, -0.1) is 4.40 Å². The van der Waals surface area contributed by atoms with Crippen molar-refractivity contribution in [2.24, 2.45) is 4.40 Å². The van der Waals surface area contributed by atoms with Crippen molar-refractivity contribution in [2.75, 3.05) is 12.3 Å². The second-order valence-electron chi connectivity index (χ2n) is 5.67. The van der Waals surface area contributed by atoms with Gasteiger partial charge in [-0.2, -0.15) is 0 Å². The van der Waals surface area contributed by atoms with Crippen molar-refractivity contribution < 1.29 is 22.4 Å². The SMILES string of the molecule is O=C(OCc1cc2ccccc2o1)C1=CN2CCS(=O)(=O)N=C2C=C1. The van der Waals surface area contributed by atoms with Crippen molar-refractivity contribution >= 4 is 32.8 Å². The molecule has 0 bridgehead atoms. The number of para-hydroxylation sites is 1. The maximum absolute atomic E-state index is 12.2. The Kier molecular flexibility index (Phi) is 3.69. The van der Waals surface area contributed by atoms with Gasteiger partial charge in [0.1, 0.15) is 23.8 Å². The highest BCUT2D eigenvalue weighted by atomic mass is 32.2. The van der Waals surface area contributed by atoms with Crippen LogP contribution in [0.3, 0.4) is 0 Å². The first-order valence-electron chi connectivity index (χ1n) is 7.64. The minimum Gasteiger partial charge on any atom is -0.457 e. The molecule has 0 saturated carbocycles. The van der Waals surface area contributed by atoms with E-state index in [1.807, 2.05) is 30.3 Å². The van der Waals surface area contributed by atoms with Crippen LogP contribution in [0.25, 0.3) is 11.0 Å². The van der Waals surface area contributed by atoms with Crippen molar-refractivity contribution in [2.45, 2.75) is 6.61 Å². The van der Waals surface area contributed by atoms with Crippen molar-refractivity contribution in [3.63, 3.8) is 0 Å². The Bertz CT molecular complexity index is 1010. The van der Waals surface area contributed by atoms with Crippen LogP contribution >= 0.6 is 0 Å². The Morgan fingerprint density at radius 3 is 2.96 bits per heavy atom. The maximum atomic E-state index is 12.2. The van der Waals surface area contributed by atoms with E-state index in [4.69, 9.17) is 9.15 Å². The summed E-state index contributed by atoms with van der Waals surface area (Å²) >= 11 is 0. The number of hydrogen-bond acceptors (Lipinski definition) is 6. The molecule has 0 saturated heterocycles. The van der Waals surface area contributed by atoms with Gasteiger partial charge in [0.25, 0.3) is 10.0 Å². The molecule has 1 aromatic carbocycles. The lowest BCUT2D eigenvalue weighted by Gasteiger charge is -2.26. The number of nitrogens with zero attached hydrogens (tertiary/aromatic N) is 2. The molecule has 3 heterocycles. The lowest BCUT2D eigenvalue weighted by Crippen LogP contribution is -2.37. The van der Waals surface area contributed by atoms with Gasteiger partial charge < -0.3 is 14.1 Å². The van der Waals surface area contributed by atoms with E-state index >= 15 is 0 Å². The van der Waals surface area contributed by atoms with Crippen LogP contribution < -0.4 is 0 Å². The minimum absolute atomic E-state index is 0.0218. The minimum atomic E-state index is -3.41. The van der Waals surface area contributed by atoms with Crippen LogP contribution in [0.15, 0.2) is 63.1 Å². The predicted molar refractivity (Wildman–Crippen MR) is 91.2 cm³/mol. The molecule has 2 aliphatic heterocycles. The summed E-state index contributed by atoms with van der Waals surface area (Å²) in [5.41, 5.74) is 1.06. The van der Waals surface area contributed by atoms with Crippen LogP contribution in [0.4, 0.5) is 0 Å². The first kappa shape index (κ1) is 15.6. The van der Waals surface area contributed by atoms with E-state index < -0.39 is 16.0 Å². The fourth-order valence-electron chi connectivity index (χ4n) is 2.65. The zero-order chi connectivity index (χ0) is 17.4. The van der Waals surface area contributed by atoms with E-state index in [1.165, 1.54) is 12.2 Å². The van der Waals surface area contributed by atoms with E-state index in [-0.39, 0.29) is 18.9 Å². The topological polar surface area (TPSA) is 89.2 Å². The summed E-state index contributed by atoms with van der Waals surface area (Å²) in [7, 11) is -3.41. The van der Waals surface area contributed by atoms with E-state index in [2.05, 4.69) is 4.40 Å². The molecule has 0 spiro atoms. The second kappa shape index (κ2) is 5.89. The highest BCUT2D eigenvalue weighted by Crippen LogP contribution is 2.21. The first-order valence-corrected chi connectivity index (χ1v) is 9.25. The van der Waals surface area contributed by atoms with E-state index in [1.54, 1.807) is 11.1 Å². The van der Waals surface area contributed by atoms with E-state index in [0.29, 0.717) is 17.2 Å². The largest absolute Gasteiger partial charge is 0.457 e. The van der Waals surface area contributed by atoms with Crippen molar-refractivity contribution in [3.8, 4) is 0 Å². The third kappa shape index (κ3) is 3.20. The van der Waals surface area contributed by atoms with Gasteiger partial charge in [-0.25, -0.2) is 13.2 Å². The van der Waals surface area contributed by atoms with Gasteiger partial charge in [0.2, 0.25) is 0 Å². The summed E-state index contributed by atoms with van der Waals surface area (Å²) in [6.45, 7) is 0.278. The summed E-state index contributed by atoms with van der Waals surface area (Å²) < 4.78 is 37.5. The van der Waals surface area contributed by atoms with Crippen molar-refractivity contribution in [1.82, 2.24) is 4.90 Å². The molecule has 0 radical (unpaired) electrons. The molecule has 4 rings (SSSR count). The zero-order valence-electron chi connectivity index (χ0n) is 13.1. The molecule has 0 unspecified atom stereocenters. The van der Waals surface area contributed by atoms with Crippen LogP contribution in [0.2, 0.25) is 0 Å². The third-order valence-corrected chi connectivity index (χ3v) is 5.05. The molecule has 7 nitrogen and oxygen atoms in total. The van der Waals surface area contributed by atoms with Crippen molar-refractivity contribution in [1.29, 1.82) is 0 Å². The number of hydrogen-bond donors (Lipinski definition) is 0. The molecule has 0 N–H and O–H groups in total. The van der Waals surface area contributed by atoms with Gasteiger partial charge in [-0.1, -0.05) is 18.2 Å². The average molecular weight is 358 g/mol. The summed E-state index contributed by atoms with van der Waals surface area (Å²) in [4.78, 5) is 13.8. The normalized spacial score (nSPS) is 18.5. The predicted octanol–water partition coefficient (Wildman–Crippen LogP) is 1.97. The first-order chi connectivity index (χ1) is 12.0. The smallest absolute Gasteiger partial charge is 0.340 e. The maximum Gasteiger partial charge on any atom is 0.340 e. The Hall–Kier alpha value is -2.87. The molecule has 0 atom stereocenters. The Morgan fingerprint density at radius 1 is 1.28 bits per heavy atom. The Balaban J connectivity index is 1.45. The van der Waals surface area contributed by atoms with Crippen LogP contribution in [0, 0.1) is 0 Å². The highest BCUT2D eigenvalue weighted by Gasteiger charge is 2.25. The number of furan rings is 1. The summed E-state index contributed by atoms with van der Waals surface area (Å²) in [6.07, 6.45) is 4.54. The highest BCUT2D eigenvalue weighted by molar-refractivity contribution is 7.90. The Morgan fingerprint density at radius 2 is 2.12 bits per heavy atom. The molecule has 128 valence electrons. The number of benzene rings is 1. The van der Waals surface area contributed by atoms with Crippen molar-refractivity contribution in [3.05, 3.63) is 60.0 Å². The molecular weight excluding hydrogens is 344 g/mol. The van der Waals surface area contributed by atoms with Crippen LogP contribution in [0.1, 0.15) is 5.76 Å². The number of sulfonamides is 1. The van der Waals surface area contributed by atoms with Gasteiger partial charge in [0.05, 0.1) is 11.3 Å². The molecule has 8 heteroatoms. The second-order valence-corrected chi connectivity index (χ2v) is 7.43. The molecule has 0 amide bonds. The van der Waals surface area contributed by atoms with Crippen LogP contribution in [-0.2, 0) is 26.2 Å². The fraction of sp³-hybridized carbons (Fsp3) is 0.176. The van der Waals surface area contributed by atoms with Gasteiger partial charge in [0, 0.05) is 18.1 Å². The van der Waals surface area contributed by atoms with Gasteiger partial charge in [-0.3, -0.25) is 0 Å². The fourth-order valence-corrected chi connectivity index (χ4v) is 3.62. The molecule has 1 aromatic heterocycles. The van der Waals surface area contributed by atoms with Crippen LogP contribution in [-0.4, -0.2) is 37.4 Å². The number of ether oxygens (including phenoxy) is 1. The summed E-state index contributed by atoms with van der Waals surface area (Å²) in [6, 6.07) is 9.37. The molecule has 25 heavy (non-hydrogen) atoms. The third-order valence-electron chi connectivity index (χ3n) is 3.88. The molecule has 0 aliphatic carbocycles. The van der Waals surface area contributed by atoms with E-state index in [9.17, 15) is 13.2 Å². The number of carbonyl (C=O) groups excluding carboxylic acids is 1. The quantitative estimate of drug-likeness (QED) is 0.780. The summed E-state index contributed by atoms with van der Waals surface area (Å²) in [5, 5.41) is 0.945. The van der Waals surface area contributed by atoms with Gasteiger partial charge in [-0.05, 0) is 24.3 Å². The number of esters is 1. The number of carbonyl (C=O) groups is 1. The number of amidine groups is 1. The monoisotopic (exact) mass is 358 g/mol. The molecule has 0 fully saturated rings. The average Bonchev–Trinajstić information content (AvgIpc) is 3.01. The zero-order valence-corrected chi connectivity index (χ0v) is 13.9. The molecule has 2 aliphatic rings. The lowest BCUT2D eigenvalue weighted by atomic mass is 10.2. The van der Waals surface area contributed by atoms with E-state index in [0.717, 1.165) is 11.0 Å². The number of fused-ring (bicyclic) bond motifs is 2. The molecular formula is C17H14N2O5S. The summed E-state index contributed by atoms with van der Waals surface area (Å²) in [5.74, 6) is 0.271. The van der Waals surface area contributed by atoms with Gasteiger partial charge in [0.15, 0.2) is 0 Å². The lowest BCUT2D eigenvalue weighted by molar-refractivity contribution is -0.140. The molecule has 2 aromatic rings. The Labute approximate surface area is 143 Å². The standard InChI is InChI=1S/C17H14N2O5S/c20-17(23-11-14-9-12-3-1-2-4-15(12)24-14)13-5-6-16-18-25(21,22)8-7-19(16)10-13/h1-6,9-10H,7-8,11H2.